The van der Waals surface area contributed by atoms with Gasteiger partial charge in [0.1, 0.15) is 5.60 Å². The average Bonchev–Trinajstić information content (AvgIpc) is 2.63. The number of hydrogen-bond donors (Lipinski definition) is 3. The fraction of sp³-hybridized carbons (Fsp3) is 0.500. The third-order valence-electron chi connectivity index (χ3n) is 3.19. The van der Waals surface area contributed by atoms with Crippen molar-refractivity contribution in [3.63, 3.8) is 0 Å². The number of nitrogens with one attached hydrogen (secondary N) is 3. The van der Waals surface area contributed by atoms with Gasteiger partial charge in [-0.1, -0.05) is 18.2 Å². The van der Waals surface area contributed by atoms with Crippen LogP contribution in [-0.4, -0.2) is 51.5 Å². The molecule has 29 heavy (non-hydrogen) atoms. The van der Waals surface area contributed by atoms with Gasteiger partial charge in [0.25, 0.3) is 10.0 Å². The van der Waals surface area contributed by atoms with Crippen LogP contribution in [0.3, 0.4) is 0 Å². The van der Waals surface area contributed by atoms with Gasteiger partial charge in [-0.05, 0) is 37.8 Å². The second-order valence-corrected chi connectivity index (χ2v) is 8.63. The summed E-state index contributed by atoms with van der Waals surface area (Å²) in [6.07, 6.45) is -0.118. The van der Waals surface area contributed by atoms with Gasteiger partial charge < -0.3 is 20.2 Å². The van der Waals surface area contributed by atoms with Gasteiger partial charge in [0, 0.05) is 19.5 Å². The Morgan fingerprint density at radius 3 is 2.24 bits per heavy atom. The van der Waals surface area contributed by atoms with E-state index in [2.05, 4.69) is 15.5 Å². The molecule has 0 radical (unpaired) electrons. The molecule has 0 aliphatic rings. The van der Waals surface area contributed by atoms with Gasteiger partial charge >= 0.3 is 11.9 Å². The van der Waals surface area contributed by atoms with Crippen molar-refractivity contribution in [3.05, 3.63) is 30.3 Å². The maximum atomic E-state index is 11.9. The molecule has 11 heteroatoms. The first-order valence-electron chi connectivity index (χ1n) is 8.95. The predicted molar refractivity (Wildman–Crippen MR) is 104 cm³/mol. The Hall–Kier alpha value is -2.50. The van der Waals surface area contributed by atoms with E-state index < -0.39 is 27.6 Å². The highest BCUT2D eigenvalue weighted by molar-refractivity contribution is 7.89. The quantitative estimate of drug-likeness (QED) is 0.258. The van der Waals surface area contributed by atoms with E-state index in [1.54, 1.807) is 31.7 Å². The minimum Gasteiger partial charge on any atom is -0.459 e. The first-order chi connectivity index (χ1) is 13.5. The van der Waals surface area contributed by atoms with Crippen LogP contribution in [0.4, 0.5) is 0 Å². The third kappa shape index (κ3) is 11.2. The summed E-state index contributed by atoms with van der Waals surface area (Å²) in [5.41, 5.74) is -0.569. The zero-order chi connectivity index (χ0) is 21.9. The molecule has 0 aromatic heterocycles. The van der Waals surface area contributed by atoms with Crippen molar-refractivity contribution in [3.8, 4) is 0 Å². The number of esters is 1. The van der Waals surface area contributed by atoms with Crippen LogP contribution in [-0.2, 0) is 34.0 Å². The van der Waals surface area contributed by atoms with Crippen LogP contribution in [0.1, 0.15) is 33.6 Å². The van der Waals surface area contributed by atoms with Crippen molar-refractivity contribution in [2.45, 2.75) is 44.1 Å². The lowest BCUT2D eigenvalue weighted by atomic mass is 10.2. The fourth-order valence-electron chi connectivity index (χ4n) is 1.96. The average molecular weight is 429 g/mol. The highest BCUT2D eigenvalue weighted by atomic mass is 32.2. The Kier molecular flexibility index (Phi) is 9.72. The molecule has 0 fully saturated rings. The molecule has 0 atom stereocenters. The molecule has 1 aromatic rings. The summed E-state index contributed by atoms with van der Waals surface area (Å²) in [7, 11) is -3.96. The number of hydrogen-bond acceptors (Lipinski definition) is 8. The Balaban J connectivity index is 2.16. The van der Waals surface area contributed by atoms with Crippen LogP contribution in [0.2, 0.25) is 0 Å². The molecular weight excluding hydrogens is 402 g/mol. The van der Waals surface area contributed by atoms with E-state index in [0.29, 0.717) is 0 Å². The second-order valence-electron chi connectivity index (χ2n) is 6.99. The molecule has 0 aliphatic heterocycles. The molecule has 0 aliphatic carbocycles. The Morgan fingerprint density at radius 1 is 0.966 bits per heavy atom. The Morgan fingerprint density at radius 2 is 1.62 bits per heavy atom. The summed E-state index contributed by atoms with van der Waals surface area (Å²) < 4.78 is 28.9. The van der Waals surface area contributed by atoms with Crippen molar-refractivity contribution in [1.82, 2.24) is 15.5 Å². The molecule has 0 spiro atoms. The van der Waals surface area contributed by atoms with Crippen LogP contribution < -0.4 is 15.5 Å². The molecule has 0 heterocycles. The summed E-state index contributed by atoms with van der Waals surface area (Å²) in [5.74, 6) is -1.59. The molecular formula is C18H27N3O7S. The van der Waals surface area contributed by atoms with E-state index in [1.165, 1.54) is 24.3 Å². The second kappa shape index (κ2) is 11.5. The molecule has 162 valence electrons. The zero-order valence-corrected chi connectivity index (χ0v) is 17.5. The highest BCUT2D eigenvalue weighted by Crippen LogP contribution is 2.07. The smallest absolute Gasteiger partial charge is 0.327 e. The molecule has 1 rings (SSSR count). The molecule has 0 saturated heterocycles. The van der Waals surface area contributed by atoms with Crippen LogP contribution in [0.25, 0.3) is 0 Å². The van der Waals surface area contributed by atoms with Crippen molar-refractivity contribution in [2.75, 3.05) is 19.6 Å². The van der Waals surface area contributed by atoms with E-state index in [9.17, 15) is 22.8 Å². The van der Waals surface area contributed by atoms with Gasteiger partial charge in [0.2, 0.25) is 5.91 Å². The van der Waals surface area contributed by atoms with Crippen LogP contribution in [0.5, 0.6) is 0 Å². The highest BCUT2D eigenvalue weighted by Gasteiger charge is 2.17. The maximum Gasteiger partial charge on any atom is 0.327 e. The molecule has 0 bridgehead atoms. The monoisotopic (exact) mass is 429 g/mol. The number of sulfonamides is 1. The first-order valence-corrected chi connectivity index (χ1v) is 10.4. The van der Waals surface area contributed by atoms with E-state index >= 15 is 0 Å². The summed E-state index contributed by atoms with van der Waals surface area (Å²) in [6, 6.07) is 7.43. The molecule has 3 N–H and O–H groups in total. The number of carbonyl (C=O) groups excluding carboxylic acids is 3. The standard InChI is InChI=1S/C18H27N3O7S/c1-18(2,3)27-17(24)13-19-11-9-15(22)20-12-10-16(23)28-21-29(25,26)14-7-5-4-6-8-14/h4-8,19,21H,9-13H2,1-3H3,(H,20,22). The fourth-order valence-corrected chi connectivity index (χ4v) is 2.78. The summed E-state index contributed by atoms with van der Waals surface area (Å²) in [6.45, 7) is 5.50. The van der Waals surface area contributed by atoms with E-state index in [0.717, 1.165) is 0 Å². The topological polar surface area (TPSA) is 140 Å². The normalized spacial score (nSPS) is 11.6. The van der Waals surface area contributed by atoms with Crippen molar-refractivity contribution < 1.29 is 32.4 Å². The van der Waals surface area contributed by atoms with Crippen LogP contribution in [0, 0.1) is 0 Å². The van der Waals surface area contributed by atoms with Gasteiger partial charge in [0.15, 0.2) is 0 Å². The van der Waals surface area contributed by atoms with Gasteiger partial charge in [-0.15, -0.1) is 0 Å². The number of ether oxygens (including phenoxy) is 1. The predicted octanol–water partition coefficient (Wildman–Crippen LogP) is 0.251. The van der Waals surface area contributed by atoms with Gasteiger partial charge in [-0.2, -0.15) is 0 Å². The first kappa shape index (κ1) is 24.5. The van der Waals surface area contributed by atoms with Crippen molar-refractivity contribution >= 4 is 27.9 Å². The van der Waals surface area contributed by atoms with E-state index in [-0.39, 0.29) is 43.3 Å². The van der Waals surface area contributed by atoms with E-state index in [1.807, 2.05) is 0 Å². The SMILES string of the molecule is CC(C)(C)OC(=O)CNCCC(=O)NCCC(=O)ONS(=O)(=O)c1ccccc1. The summed E-state index contributed by atoms with van der Waals surface area (Å²) in [5, 5.41) is 5.28. The van der Waals surface area contributed by atoms with Crippen molar-refractivity contribution in [2.24, 2.45) is 0 Å². The molecule has 0 unspecified atom stereocenters. The maximum absolute atomic E-state index is 11.9. The summed E-state index contributed by atoms with van der Waals surface area (Å²) >= 11 is 0. The molecule has 10 nitrogen and oxygen atoms in total. The molecule has 1 amide bonds. The number of carbonyl (C=O) groups is 3. The Labute approximate surface area is 170 Å². The number of amides is 1. The molecule has 0 saturated carbocycles. The van der Waals surface area contributed by atoms with Gasteiger partial charge in [-0.25, -0.2) is 8.42 Å². The minimum atomic E-state index is -3.96. The summed E-state index contributed by atoms with van der Waals surface area (Å²) in [4.78, 5) is 41.0. The van der Waals surface area contributed by atoms with Crippen molar-refractivity contribution in [1.29, 1.82) is 0 Å². The van der Waals surface area contributed by atoms with Crippen LogP contribution >= 0.6 is 0 Å². The zero-order valence-electron chi connectivity index (χ0n) is 16.7. The lowest BCUT2D eigenvalue weighted by molar-refractivity contribution is -0.153. The van der Waals surface area contributed by atoms with Crippen LogP contribution in [0.15, 0.2) is 35.2 Å². The lowest BCUT2D eigenvalue weighted by Crippen LogP contribution is -2.34. The van der Waals surface area contributed by atoms with E-state index in [4.69, 9.17) is 4.74 Å². The Bertz CT molecular complexity index is 789. The largest absolute Gasteiger partial charge is 0.459 e. The molecule has 1 aromatic carbocycles. The number of benzene rings is 1. The van der Waals surface area contributed by atoms with Gasteiger partial charge in [0.05, 0.1) is 17.9 Å². The lowest BCUT2D eigenvalue weighted by Gasteiger charge is -2.19. The number of rotatable bonds is 11. The third-order valence-corrected chi connectivity index (χ3v) is 4.38. The minimum absolute atomic E-state index is 0.0154. The van der Waals surface area contributed by atoms with Gasteiger partial charge in [-0.3, -0.25) is 14.4 Å².